The van der Waals surface area contributed by atoms with Gasteiger partial charge >= 0.3 is 0 Å². The standard InChI is InChI=1S/C25H28N4O4S2/c1-4-13-29-22-12-9-20(26-18(3)30)15-23(22)34-25(29)27-24(31)19-7-10-21(11-8-19)35(32,33)28-14-5-6-17(2)16-28/h4,7-12,15,17H,1,5-6,13-14,16H2,2-3H3,(H,26,30). The zero-order chi connectivity index (χ0) is 25.2. The number of anilines is 1. The lowest BCUT2D eigenvalue weighted by Gasteiger charge is -2.30. The van der Waals surface area contributed by atoms with Crippen LogP contribution in [-0.4, -0.2) is 42.2 Å². The normalized spacial score (nSPS) is 17.4. The van der Waals surface area contributed by atoms with Crippen LogP contribution in [0.4, 0.5) is 5.69 Å². The molecule has 1 atom stereocenters. The maximum absolute atomic E-state index is 13.0. The average Bonchev–Trinajstić information content (AvgIpc) is 3.15. The number of rotatable bonds is 6. The van der Waals surface area contributed by atoms with Crippen molar-refractivity contribution in [1.29, 1.82) is 0 Å². The molecule has 0 aliphatic carbocycles. The van der Waals surface area contributed by atoms with Crippen molar-refractivity contribution in [2.45, 2.75) is 38.1 Å². The lowest BCUT2D eigenvalue weighted by Crippen LogP contribution is -2.39. The molecule has 1 N–H and O–H groups in total. The molecule has 0 saturated carbocycles. The molecular weight excluding hydrogens is 484 g/mol. The minimum atomic E-state index is -3.59. The van der Waals surface area contributed by atoms with Crippen molar-refractivity contribution >= 4 is 49.1 Å². The monoisotopic (exact) mass is 512 g/mol. The lowest BCUT2D eigenvalue weighted by atomic mass is 10.0. The Balaban J connectivity index is 1.64. The molecule has 1 unspecified atom stereocenters. The van der Waals surface area contributed by atoms with Crippen LogP contribution in [0.2, 0.25) is 0 Å². The van der Waals surface area contributed by atoms with Crippen LogP contribution < -0.4 is 10.1 Å². The average molecular weight is 513 g/mol. The number of allylic oxidation sites excluding steroid dienone is 1. The summed E-state index contributed by atoms with van der Waals surface area (Å²) in [7, 11) is -3.59. The Labute approximate surface area is 208 Å². The first-order valence-corrected chi connectivity index (χ1v) is 13.7. The van der Waals surface area contributed by atoms with Gasteiger partial charge in [0.25, 0.3) is 5.91 Å². The third-order valence-electron chi connectivity index (χ3n) is 5.87. The molecule has 1 saturated heterocycles. The Bertz CT molecular complexity index is 1450. The van der Waals surface area contributed by atoms with Gasteiger partial charge < -0.3 is 9.88 Å². The fourth-order valence-corrected chi connectivity index (χ4v) is 6.86. The minimum Gasteiger partial charge on any atom is -0.326 e. The summed E-state index contributed by atoms with van der Waals surface area (Å²) in [5.41, 5.74) is 1.83. The van der Waals surface area contributed by atoms with Crippen LogP contribution in [0.5, 0.6) is 0 Å². The number of hydrogen-bond donors (Lipinski definition) is 1. The molecule has 2 heterocycles. The van der Waals surface area contributed by atoms with Crippen LogP contribution in [-0.2, 0) is 21.4 Å². The van der Waals surface area contributed by atoms with E-state index in [0.29, 0.717) is 41.6 Å². The Hall–Kier alpha value is -3.08. The van der Waals surface area contributed by atoms with E-state index in [1.54, 1.807) is 12.1 Å². The van der Waals surface area contributed by atoms with Gasteiger partial charge in [0.1, 0.15) is 0 Å². The molecule has 184 valence electrons. The van der Waals surface area contributed by atoms with Crippen molar-refractivity contribution in [2.75, 3.05) is 18.4 Å². The third-order valence-corrected chi connectivity index (χ3v) is 8.79. The Kier molecular flexibility index (Phi) is 7.34. The van der Waals surface area contributed by atoms with Gasteiger partial charge in [0.2, 0.25) is 15.9 Å². The van der Waals surface area contributed by atoms with Crippen molar-refractivity contribution < 1.29 is 18.0 Å². The first-order valence-electron chi connectivity index (χ1n) is 11.4. The van der Waals surface area contributed by atoms with Crippen molar-refractivity contribution in [2.24, 2.45) is 10.9 Å². The number of sulfonamides is 1. The van der Waals surface area contributed by atoms with Gasteiger partial charge in [0, 0.05) is 37.8 Å². The van der Waals surface area contributed by atoms with E-state index in [9.17, 15) is 18.0 Å². The van der Waals surface area contributed by atoms with Crippen LogP contribution in [0, 0.1) is 5.92 Å². The van der Waals surface area contributed by atoms with E-state index in [2.05, 4.69) is 23.8 Å². The summed E-state index contributed by atoms with van der Waals surface area (Å²) >= 11 is 1.33. The maximum Gasteiger partial charge on any atom is 0.279 e. The first kappa shape index (κ1) is 25.0. The predicted molar refractivity (Wildman–Crippen MR) is 138 cm³/mol. The summed E-state index contributed by atoms with van der Waals surface area (Å²) < 4.78 is 30.2. The molecule has 0 bridgehead atoms. The third kappa shape index (κ3) is 5.44. The molecule has 0 spiro atoms. The fraction of sp³-hybridized carbons (Fsp3) is 0.320. The number of piperidine rings is 1. The number of nitrogens with zero attached hydrogens (tertiary/aromatic N) is 3. The summed E-state index contributed by atoms with van der Waals surface area (Å²) in [6, 6.07) is 11.5. The molecule has 1 aliphatic rings. The van der Waals surface area contributed by atoms with Crippen molar-refractivity contribution in [3.8, 4) is 0 Å². The van der Waals surface area contributed by atoms with Crippen LogP contribution in [0.3, 0.4) is 0 Å². The van der Waals surface area contributed by atoms with E-state index in [1.165, 1.54) is 46.8 Å². The SMILES string of the molecule is C=CCn1c(=NC(=O)c2ccc(S(=O)(=O)N3CCCC(C)C3)cc2)sc2cc(NC(C)=O)ccc21. The number of carbonyl (C=O) groups is 2. The second-order valence-corrected chi connectivity index (χ2v) is 11.6. The first-order chi connectivity index (χ1) is 16.7. The van der Waals surface area contributed by atoms with Gasteiger partial charge in [-0.3, -0.25) is 9.59 Å². The Morgan fingerprint density at radius 3 is 2.63 bits per heavy atom. The molecule has 2 amide bonds. The summed E-state index contributed by atoms with van der Waals surface area (Å²) in [5.74, 6) is -0.303. The summed E-state index contributed by atoms with van der Waals surface area (Å²) in [6.07, 6.45) is 3.60. The molecule has 0 radical (unpaired) electrons. The van der Waals surface area contributed by atoms with Crippen LogP contribution in [0.15, 0.2) is 65.0 Å². The van der Waals surface area contributed by atoms with Crippen LogP contribution in [0.1, 0.15) is 37.0 Å². The number of hydrogen-bond acceptors (Lipinski definition) is 5. The zero-order valence-corrected chi connectivity index (χ0v) is 21.4. The summed E-state index contributed by atoms with van der Waals surface area (Å²) in [4.78, 5) is 29.3. The topological polar surface area (TPSA) is 101 Å². The van der Waals surface area contributed by atoms with E-state index in [4.69, 9.17) is 0 Å². The number of amides is 2. The number of benzene rings is 2. The molecule has 35 heavy (non-hydrogen) atoms. The second kappa shape index (κ2) is 10.3. The summed E-state index contributed by atoms with van der Waals surface area (Å²) in [6.45, 7) is 8.77. The van der Waals surface area contributed by atoms with Crippen LogP contribution in [0.25, 0.3) is 10.2 Å². The number of fused-ring (bicyclic) bond motifs is 1. The molecule has 10 heteroatoms. The summed E-state index contributed by atoms with van der Waals surface area (Å²) in [5, 5.41) is 2.76. The van der Waals surface area contributed by atoms with E-state index in [-0.39, 0.29) is 10.8 Å². The highest BCUT2D eigenvalue weighted by molar-refractivity contribution is 7.89. The number of thiazole rings is 1. The fourth-order valence-electron chi connectivity index (χ4n) is 4.18. The highest BCUT2D eigenvalue weighted by atomic mass is 32.2. The lowest BCUT2D eigenvalue weighted by molar-refractivity contribution is -0.114. The van der Waals surface area contributed by atoms with E-state index in [0.717, 1.165) is 23.1 Å². The number of carbonyl (C=O) groups excluding carboxylic acids is 2. The number of nitrogens with one attached hydrogen (secondary N) is 1. The molecule has 1 fully saturated rings. The van der Waals surface area contributed by atoms with Crippen molar-refractivity contribution in [3.05, 3.63) is 65.5 Å². The molecular formula is C25H28N4O4S2. The second-order valence-electron chi connectivity index (χ2n) is 8.70. The predicted octanol–water partition coefficient (Wildman–Crippen LogP) is 4.01. The molecule has 2 aromatic carbocycles. The smallest absolute Gasteiger partial charge is 0.279 e. The molecule has 1 aliphatic heterocycles. The van der Waals surface area contributed by atoms with E-state index in [1.807, 2.05) is 16.7 Å². The van der Waals surface area contributed by atoms with Gasteiger partial charge in [-0.15, -0.1) is 6.58 Å². The van der Waals surface area contributed by atoms with Gasteiger partial charge in [0.15, 0.2) is 4.80 Å². The molecule has 1 aromatic heterocycles. The Morgan fingerprint density at radius 2 is 1.97 bits per heavy atom. The van der Waals surface area contributed by atoms with Gasteiger partial charge in [-0.05, 0) is 61.2 Å². The van der Waals surface area contributed by atoms with E-state index >= 15 is 0 Å². The van der Waals surface area contributed by atoms with E-state index < -0.39 is 15.9 Å². The highest BCUT2D eigenvalue weighted by Gasteiger charge is 2.28. The number of aromatic nitrogens is 1. The Morgan fingerprint density at radius 1 is 1.23 bits per heavy atom. The quantitative estimate of drug-likeness (QED) is 0.504. The zero-order valence-electron chi connectivity index (χ0n) is 19.7. The van der Waals surface area contributed by atoms with Crippen LogP contribution >= 0.6 is 11.3 Å². The molecule has 4 rings (SSSR count). The largest absolute Gasteiger partial charge is 0.326 e. The van der Waals surface area contributed by atoms with Gasteiger partial charge in [-0.1, -0.05) is 24.3 Å². The van der Waals surface area contributed by atoms with Crippen molar-refractivity contribution in [1.82, 2.24) is 8.87 Å². The van der Waals surface area contributed by atoms with Gasteiger partial charge in [-0.2, -0.15) is 9.30 Å². The molecule has 3 aromatic rings. The minimum absolute atomic E-state index is 0.166. The molecule has 8 nitrogen and oxygen atoms in total. The highest BCUT2D eigenvalue weighted by Crippen LogP contribution is 2.24. The van der Waals surface area contributed by atoms with Gasteiger partial charge in [0.05, 0.1) is 15.1 Å². The van der Waals surface area contributed by atoms with Crippen molar-refractivity contribution in [3.63, 3.8) is 0 Å². The maximum atomic E-state index is 13.0. The van der Waals surface area contributed by atoms with Gasteiger partial charge in [-0.25, -0.2) is 8.42 Å².